The Bertz CT molecular complexity index is 481. The Morgan fingerprint density at radius 3 is 2.19 bits per heavy atom. The number of carbonyl (C=O) groups is 1. The Hall–Kier alpha value is -1.20. The summed E-state index contributed by atoms with van der Waals surface area (Å²) in [6, 6.07) is 2.58. The average Bonchev–Trinajstić information content (AvgIpc) is 2.35. The maximum Gasteiger partial charge on any atom is 0.224 e. The predicted molar refractivity (Wildman–Crippen MR) is 82.1 cm³/mol. The zero-order valence-corrected chi connectivity index (χ0v) is 13.5. The molecule has 0 saturated carbocycles. The summed E-state index contributed by atoms with van der Waals surface area (Å²) >= 11 is 0. The number of hydrogen-bond acceptors (Lipinski definition) is 2. The van der Waals surface area contributed by atoms with Gasteiger partial charge < -0.3 is 11.1 Å². The molecule has 3 atom stereocenters. The van der Waals surface area contributed by atoms with Crippen molar-refractivity contribution in [3.63, 3.8) is 0 Å². The van der Waals surface area contributed by atoms with Crippen LogP contribution in [0, 0.1) is 23.5 Å². The van der Waals surface area contributed by atoms with Crippen molar-refractivity contribution in [1.29, 1.82) is 0 Å². The van der Waals surface area contributed by atoms with E-state index in [1.165, 1.54) is 12.1 Å². The van der Waals surface area contributed by atoms with Gasteiger partial charge in [-0.3, -0.25) is 4.79 Å². The lowest BCUT2D eigenvalue weighted by Gasteiger charge is -2.26. The van der Waals surface area contributed by atoms with Crippen molar-refractivity contribution in [3.05, 3.63) is 35.4 Å². The molecule has 1 amide bonds. The summed E-state index contributed by atoms with van der Waals surface area (Å²) in [6.07, 6.45) is 0. The van der Waals surface area contributed by atoms with Gasteiger partial charge in [0, 0.05) is 23.6 Å². The van der Waals surface area contributed by atoms with E-state index in [0.29, 0.717) is 0 Å². The Morgan fingerprint density at radius 2 is 1.76 bits per heavy atom. The molecule has 1 aromatic carbocycles. The quantitative estimate of drug-likeness (QED) is 0.875. The molecule has 6 heteroatoms. The average molecular weight is 321 g/mol. The molecule has 1 aromatic rings. The molecule has 21 heavy (non-hydrogen) atoms. The lowest BCUT2D eigenvalue weighted by molar-refractivity contribution is -0.126. The van der Waals surface area contributed by atoms with Crippen molar-refractivity contribution in [1.82, 2.24) is 5.32 Å². The zero-order chi connectivity index (χ0) is 15.4. The highest BCUT2D eigenvalue weighted by molar-refractivity contribution is 5.85. The van der Waals surface area contributed by atoms with Crippen LogP contribution in [0.4, 0.5) is 8.78 Å². The standard InChI is InChI=1S/C15H22F2N2O.ClH/c1-8(2)14(19-15(20)9(3)10(4)18)12-6-5-11(16)7-13(12)17;/h5-10,14H,18H2,1-4H3,(H,19,20);1H. The van der Waals surface area contributed by atoms with E-state index >= 15 is 0 Å². The highest BCUT2D eigenvalue weighted by Gasteiger charge is 2.25. The molecule has 3 nitrogen and oxygen atoms in total. The van der Waals surface area contributed by atoms with Crippen LogP contribution in [-0.2, 0) is 4.79 Å². The van der Waals surface area contributed by atoms with E-state index in [2.05, 4.69) is 5.32 Å². The molecule has 0 radical (unpaired) electrons. The predicted octanol–water partition coefficient (Wildman–Crippen LogP) is 3.18. The third-order valence-electron chi connectivity index (χ3n) is 3.46. The molecule has 0 bridgehead atoms. The second-order valence-electron chi connectivity index (χ2n) is 5.54. The first-order valence-corrected chi connectivity index (χ1v) is 6.75. The molecular formula is C15H23ClF2N2O. The minimum absolute atomic E-state index is 0. The number of benzene rings is 1. The molecule has 3 unspecified atom stereocenters. The largest absolute Gasteiger partial charge is 0.349 e. The van der Waals surface area contributed by atoms with Crippen molar-refractivity contribution in [2.45, 2.75) is 39.8 Å². The molecule has 0 fully saturated rings. The number of hydrogen-bond donors (Lipinski definition) is 2. The first kappa shape index (κ1) is 19.8. The summed E-state index contributed by atoms with van der Waals surface area (Å²) in [5.41, 5.74) is 5.98. The van der Waals surface area contributed by atoms with Crippen molar-refractivity contribution in [2.75, 3.05) is 0 Å². The summed E-state index contributed by atoms with van der Waals surface area (Å²) in [4.78, 5) is 12.1. The second-order valence-corrected chi connectivity index (χ2v) is 5.54. The number of nitrogens with one attached hydrogen (secondary N) is 1. The van der Waals surface area contributed by atoms with E-state index in [1.54, 1.807) is 13.8 Å². The number of carbonyl (C=O) groups excluding carboxylic acids is 1. The summed E-state index contributed by atoms with van der Waals surface area (Å²) in [5.74, 6) is -1.93. The number of amides is 1. The minimum atomic E-state index is -0.655. The Morgan fingerprint density at radius 1 is 1.19 bits per heavy atom. The van der Waals surface area contributed by atoms with Gasteiger partial charge in [-0.1, -0.05) is 26.8 Å². The van der Waals surface area contributed by atoms with E-state index in [9.17, 15) is 13.6 Å². The molecule has 3 N–H and O–H groups in total. The molecule has 0 saturated heterocycles. The van der Waals surface area contributed by atoms with Gasteiger partial charge in [0.2, 0.25) is 5.91 Å². The first-order chi connectivity index (χ1) is 9.23. The van der Waals surface area contributed by atoms with E-state index in [4.69, 9.17) is 5.73 Å². The highest BCUT2D eigenvalue weighted by atomic mass is 35.5. The van der Waals surface area contributed by atoms with Crippen molar-refractivity contribution >= 4 is 18.3 Å². The molecule has 0 aliphatic heterocycles. The van der Waals surface area contributed by atoms with Crippen LogP contribution in [0.25, 0.3) is 0 Å². The van der Waals surface area contributed by atoms with Gasteiger partial charge in [0.1, 0.15) is 11.6 Å². The third-order valence-corrected chi connectivity index (χ3v) is 3.46. The normalized spacial score (nSPS) is 15.0. The first-order valence-electron chi connectivity index (χ1n) is 6.75. The molecule has 1 rings (SSSR count). The van der Waals surface area contributed by atoms with Crippen LogP contribution < -0.4 is 11.1 Å². The number of rotatable bonds is 5. The lowest BCUT2D eigenvalue weighted by atomic mass is 9.94. The van der Waals surface area contributed by atoms with Gasteiger partial charge in [0.25, 0.3) is 0 Å². The zero-order valence-electron chi connectivity index (χ0n) is 12.7. The summed E-state index contributed by atoms with van der Waals surface area (Å²) in [6.45, 7) is 7.19. The monoisotopic (exact) mass is 320 g/mol. The van der Waals surface area contributed by atoms with Crippen LogP contribution in [0.3, 0.4) is 0 Å². The molecule has 0 aliphatic carbocycles. The van der Waals surface area contributed by atoms with Crippen LogP contribution in [0.15, 0.2) is 18.2 Å². The Labute approximate surface area is 130 Å². The molecular weight excluding hydrogens is 298 g/mol. The Balaban J connectivity index is 0.00000400. The molecule has 0 aromatic heterocycles. The van der Waals surface area contributed by atoms with Crippen LogP contribution >= 0.6 is 12.4 Å². The van der Waals surface area contributed by atoms with Crippen LogP contribution in [0.2, 0.25) is 0 Å². The van der Waals surface area contributed by atoms with Crippen LogP contribution in [0.5, 0.6) is 0 Å². The number of nitrogens with two attached hydrogens (primary N) is 1. The van der Waals surface area contributed by atoms with Gasteiger partial charge in [0.05, 0.1) is 6.04 Å². The van der Waals surface area contributed by atoms with Crippen molar-refractivity contribution in [2.24, 2.45) is 17.6 Å². The maximum absolute atomic E-state index is 13.9. The van der Waals surface area contributed by atoms with Gasteiger partial charge in [-0.15, -0.1) is 12.4 Å². The van der Waals surface area contributed by atoms with E-state index in [-0.39, 0.29) is 41.8 Å². The smallest absolute Gasteiger partial charge is 0.224 e. The fraction of sp³-hybridized carbons (Fsp3) is 0.533. The highest BCUT2D eigenvalue weighted by Crippen LogP contribution is 2.25. The summed E-state index contributed by atoms with van der Waals surface area (Å²) < 4.78 is 26.8. The maximum atomic E-state index is 13.9. The van der Waals surface area contributed by atoms with E-state index in [1.807, 2.05) is 13.8 Å². The lowest BCUT2D eigenvalue weighted by Crippen LogP contribution is -2.41. The van der Waals surface area contributed by atoms with E-state index < -0.39 is 17.7 Å². The van der Waals surface area contributed by atoms with Crippen LogP contribution in [0.1, 0.15) is 39.3 Å². The summed E-state index contributed by atoms with van der Waals surface area (Å²) in [5, 5.41) is 2.79. The van der Waals surface area contributed by atoms with Gasteiger partial charge in [-0.2, -0.15) is 0 Å². The fourth-order valence-corrected chi connectivity index (χ4v) is 1.88. The molecule has 0 spiro atoms. The van der Waals surface area contributed by atoms with Gasteiger partial charge >= 0.3 is 0 Å². The SMILES string of the molecule is CC(C)C(NC(=O)C(C)C(C)N)c1ccc(F)cc1F.Cl. The summed E-state index contributed by atoms with van der Waals surface area (Å²) in [7, 11) is 0. The minimum Gasteiger partial charge on any atom is -0.349 e. The van der Waals surface area contributed by atoms with Crippen molar-refractivity contribution in [3.8, 4) is 0 Å². The van der Waals surface area contributed by atoms with E-state index in [0.717, 1.165) is 6.07 Å². The van der Waals surface area contributed by atoms with Gasteiger partial charge in [-0.25, -0.2) is 8.78 Å². The second kappa shape index (κ2) is 8.29. The number of halogens is 3. The van der Waals surface area contributed by atoms with Crippen LogP contribution in [-0.4, -0.2) is 11.9 Å². The topological polar surface area (TPSA) is 55.1 Å². The molecule has 120 valence electrons. The van der Waals surface area contributed by atoms with Gasteiger partial charge in [0.15, 0.2) is 0 Å². The molecule has 0 heterocycles. The van der Waals surface area contributed by atoms with Crippen molar-refractivity contribution < 1.29 is 13.6 Å². The molecule has 0 aliphatic rings. The Kier molecular flexibility index (Phi) is 7.82. The third kappa shape index (κ3) is 5.25. The fourth-order valence-electron chi connectivity index (χ4n) is 1.88. The van der Waals surface area contributed by atoms with Gasteiger partial charge in [-0.05, 0) is 18.9 Å².